The molecule has 3 heteroatoms. The molecule has 0 aromatic heterocycles. The van der Waals surface area contributed by atoms with Crippen molar-refractivity contribution in [2.75, 3.05) is 7.11 Å². The van der Waals surface area contributed by atoms with Crippen LogP contribution in [0.2, 0.25) is 0 Å². The standard InChI is InChI=1S/C13H16O3/c1-10(13(15)16-2)12(9-14)8-11-6-4-3-5-7-11/h3-7,9-10,12H,8H2,1-2H3. The maximum Gasteiger partial charge on any atom is 0.309 e. The van der Waals surface area contributed by atoms with Gasteiger partial charge >= 0.3 is 5.97 Å². The molecule has 0 bridgehead atoms. The van der Waals surface area contributed by atoms with E-state index in [2.05, 4.69) is 4.74 Å². The lowest BCUT2D eigenvalue weighted by Gasteiger charge is -2.16. The molecule has 2 unspecified atom stereocenters. The predicted molar refractivity (Wildman–Crippen MR) is 60.9 cm³/mol. The predicted octanol–water partition coefficient (Wildman–Crippen LogP) is 1.85. The number of benzene rings is 1. The maximum atomic E-state index is 11.3. The van der Waals surface area contributed by atoms with Crippen molar-refractivity contribution in [3.63, 3.8) is 0 Å². The van der Waals surface area contributed by atoms with Crippen molar-refractivity contribution in [3.8, 4) is 0 Å². The first-order valence-corrected chi connectivity index (χ1v) is 5.26. The van der Waals surface area contributed by atoms with Gasteiger partial charge in [-0.3, -0.25) is 4.79 Å². The Bertz CT molecular complexity index is 345. The van der Waals surface area contributed by atoms with Gasteiger partial charge < -0.3 is 9.53 Å². The Morgan fingerprint density at radius 1 is 1.38 bits per heavy atom. The lowest BCUT2D eigenvalue weighted by molar-refractivity contribution is -0.147. The molecule has 1 aromatic carbocycles. The number of hydrogen-bond donors (Lipinski definition) is 0. The summed E-state index contributed by atoms with van der Waals surface area (Å²) in [5, 5.41) is 0. The van der Waals surface area contributed by atoms with Crippen LogP contribution in [0.1, 0.15) is 12.5 Å². The van der Waals surface area contributed by atoms with E-state index in [1.807, 2.05) is 30.3 Å². The zero-order valence-corrected chi connectivity index (χ0v) is 9.55. The fraction of sp³-hybridized carbons (Fsp3) is 0.385. The first-order valence-electron chi connectivity index (χ1n) is 5.26. The average molecular weight is 220 g/mol. The third-order valence-corrected chi connectivity index (χ3v) is 2.70. The molecule has 0 aliphatic carbocycles. The summed E-state index contributed by atoms with van der Waals surface area (Å²) >= 11 is 0. The molecule has 0 aliphatic heterocycles. The Morgan fingerprint density at radius 3 is 2.50 bits per heavy atom. The molecule has 0 fully saturated rings. The van der Waals surface area contributed by atoms with Crippen molar-refractivity contribution in [3.05, 3.63) is 35.9 Å². The van der Waals surface area contributed by atoms with Crippen LogP contribution in [0.25, 0.3) is 0 Å². The van der Waals surface area contributed by atoms with Crippen molar-refractivity contribution in [2.24, 2.45) is 11.8 Å². The van der Waals surface area contributed by atoms with Gasteiger partial charge in [-0.15, -0.1) is 0 Å². The van der Waals surface area contributed by atoms with Gasteiger partial charge in [0.2, 0.25) is 0 Å². The summed E-state index contributed by atoms with van der Waals surface area (Å²) in [5.41, 5.74) is 1.05. The second-order valence-electron chi connectivity index (χ2n) is 3.80. The van der Waals surface area contributed by atoms with Crippen molar-refractivity contribution in [1.82, 2.24) is 0 Å². The number of methoxy groups -OCH3 is 1. The van der Waals surface area contributed by atoms with Gasteiger partial charge in [0.1, 0.15) is 6.29 Å². The van der Waals surface area contributed by atoms with Gasteiger partial charge in [0.25, 0.3) is 0 Å². The number of esters is 1. The van der Waals surface area contributed by atoms with Crippen LogP contribution in [0.3, 0.4) is 0 Å². The summed E-state index contributed by atoms with van der Waals surface area (Å²) in [6.45, 7) is 1.72. The van der Waals surface area contributed by atoms with Crippen molar-refractivity contribution in [2.45, 2.75) is 13.3 Å². The Kier molecular flexibility index (Phi) is 4.70. The van der Waals surface area contributed by atoms with Crippen LogP contribution in [0.15, 0.2) is 30.3 Å². The minimum absolute atomic E-state index is 0.324. The highest BCUT2D eigenvalue weighted by Crippen LogP contribution is 2.16. The summed E-state index contributed by atoms with van der Waals surface area (Å²) in [6.07, 6.45) is 1.40. The van der Waals surface area contributed by atoms with Crippen molar-refractivity contribution >= 4 is 12.3 Å². The van der Waals surface area contributed by atoms with Crippen LogP contribution in [-0.4, -0.2) is 19.4 Å². The minimum Gasteiger partial charge on any atom is -0.469 e. The molecule has 0 spiro atoms. The number of aldehydes is 1. The highest BCUT2D eigenvalue weighted by atomic mass is 16.5. The van der Waals surface area contributed by atoms with Gasteiger partial charge in [0, 0.05) is 5.92 Å². The third-order valence-electron chi connectivity index (χ3n) is 2.70. The quantitative estimate of drug-likeness (QED) is 0.562. The van der Waals surface area contributed by atoms with E-state index in [-0.39, 0.29) is 11.9 Å². The molecule has 86 valence electrons. The van der Waals surface area contributed by atoms with E-state index in [1.54, 1.807) is 6.92 Å². The van der Waals surface area contributed by atoms with Gasteiger partial charge in [-0.05, 0) is 12.0 Å². The Morgan fingerprint density at radius 2 is 2.00 bits per heavy atom. The van der Waals surface area contributed by atoms with Gasteiger partial charge in [0.15, 0.2) is 0 Å². The SMILES string of the molecule is COC(=O)C(C)C(C=O)Cc1ccccc1. The van der Waals surface area contributed by atoms with E-state index in [0.717, 1.165) is 11.8 Å². The summed E-state index contributed by atoms with van der Waals surface area (Å²) in [4.78, 5) is 22.3. The van der Waals surface area contributed by atoms with Crippen LogP contribution in [0.4, 0.5) is 0 Å². The van der Waals surface area contributed by atoms with E-state index in [0.29, 0.717) is 6.42 Å². The smallest absolute Gasteiger partial charge is 0.309 e. The molecular weight excluding hydrogens is 204 g/mol. The zero-order valence-electron chi connectivity index (χ0n) is 9.55. The number of carbonyl (C=O) groups excluding carboxylic acids is 2. The maximum absolute atomic E-state index is 11.3. The molecule has 3 nitrogen and oxygen atoms in total. The molecule has 0 amide bonds. The normalized spacial score (nSPS) is 13.9. The van der Waals surface area contributed by atoms with Crippen LogP contribution >= 0.6 is 0 Å². The number of rotatable bonds is 5. The van der Waals surface area contributed by atoms with Gasteiger partial charge in [-0.25, -0.2) is 0 Å². The summed E-state index contributed by atoms with van der Waals surface area (Å²) in [7, 11) is 1.34. The lowest BCUT2D eigenvalue weighted by atomic mass is 9.89. The average Bonchev–Trinajstić information content (AvgIpc) is 2.35. The number of ether oxygens (including phenoxy) is 1. The zero-order chi connectivity index (χ0) is 12.0. The molecule has 0 heterocycles. The van der Waals surface area contributed by atoms with E-state index >= 15 is 0 Å². The summed E-state index contributed by atoms with van der Waals surface area (Å²) in [5.74, 6) is -1.06. The molecule has 1 rings (SSSR count). The molecule has 0 saturated heterocycles. The van der Waals surface area contributed by atoms with Crippen LogP contribution in [0.5, 0.6) is 0 Å². The fourth-order valence-electron chi connectivity index (χ4n) is 1.59. The van der Waals surface area contributed by atoms with Crippen molar-refractivity contribution in [1.29, 1.82) is 0 Å². The topological polar surface area (TPSA) is 43.4 Å². The monoisotopic (exact) mass is 220 g/mol. The number of hydrogen-bond acceptors (Lipinski definition) is 3. The van der Waals surface area contributed by atoms with Gasteiger partial charge in [-0.2, -0.15) is 0 Å². The number of carbonyl (C=O) groups is 2. The van der Waals surface area contributed by atoms with Gasteiger partial charge in [0.05, 0.1) is 13.0 Å². The minimum atomic E-state index is -0.400. The molecule has 1 aromatic rings. The Balaban J connectivity index is 2.69. The molecule has 0 N–H and O–H groups in total. The van der Waals surface area contributed by atoms with Crippen LogP contribution in [-0.2, 0) is 20.7 Å². The Hall–Kier alpha value is -1.64. The lowest BCUT2D eigenvalue weighted by Crippen LogP contribution is -2.25. The van der Waals surface area contributed by atoms with E-state index in [1.165, 1.54) is 7.11 Å². The molecule has 0 saturated carbocycles. The van der Waals surface area contributed by atoms with E-state index in [9.17, 15) is 9.59 Å². The van der Waals surface area contributed by atoms with E-state index in [4.69, 9.17) is 0 Å². The molecule has 16 heavy (non-hydrogen) atoms. The van der Waals surface area contributed by atoms with Gasteiger partial charge in [-0.1, -0.05) is 37.3 Å². The molecule has 0 aliphatic rings. The molecular formula is C13H16O3. The van der Waals surface area contributed by atoms with Crippen LogP contribution in [0, 0.1) is 11.8 Å². The first kappa shape index (κ1) is 12.4. The molecule has 0 radical (unpaired) electrons. The first-order chi connectivity index (χ1) is 7.69. The summed E-state index contributed by atoms with van der Waals surface area (Å²) in [6, 6.07) is 9.64. The Labute approximate surface area is 95.4 Å². The molecule has 2 atom stereocenters. The highest BCUT2D eigenvalue weighted by Gasteiger charge is 2.24. The van der Waals surface area contributed by atoms with Crippen molar-refractivity contribution < 1.29 is 14.3 Å². The fourth-order valence-corrected chi connectivity index (χ4v) is 1.59. The highest BCUT2D eigenvalue weighted by molar-refractivity contribution is 5.76. The van der Waals surface area contributed by atoms with Crippen LogP contribution < -0.4 is 0 Å². The summed E-state index contributed by atoms with van der Waals surface area (Å²) < 4.78 is 4.63. The largest absolute Gasteiger partial charge is 0.469 e. The third kappa shape index (κ3) is 3.19. The second-order valence-corrected chi connectivity index (χ2v) is 3.80. The second kappa shape index (κ2) is 6.05. The van der Waals surface area contributed by atoms with E-state index < -0.39 is 5.92 Å².